The number of fused-ring (bicyclic) bond motifs is 1. The van der Waals surface area contributed by atoms with E-state index in [4.69, 9.17) is 22.4 Å². The Morgan fingerprint density at radius 1 is 1.47 bits per heavy atom. The summed E-state index contributed by atoms with van der Waals surface area (Å²) in [6.07, 6.45) is -0.167. The minimum Gasteiger partial charge on any atom is -0.481 e. The summed E-state index contributed by atoms with van der Waals surface area (Å²) in [5, 5.41) is 9.86. The summed E-state index contributed by atoms with van der Waals surface area (Å²) < 4.78 is 0. The summed E-state index contributed by atoms with van der Waals surface area (Å²) >= 11 is 6.00. The van der Waals surface area contributed by atoms with Gasteiger partial charge in [0.15, 0.2) is 0 Å². The molecule has 0 aliphatic heterocycles. The molecule has 0 amide bonds. The minimum atomic E-state index is -0.957. The Morgan fingerprint density at radius 2 is 2.18 bits per heavy atom. The summed E-state index contributed by atoms with van der Waals surface area (Å²) in [6.45, 7) is 0. The molecule has 88 valence electrons. The number of hydrogen-bond donors (Lipinski definition) is 2. The molecule has 1 unspecified atom stereocenters. The summed E-state index contributed by atoms with van der Waals surface area (Å²) in [5.74, 6) is -0.957. The maximum Gasteiger partial charge on any atom is 0.305 e. The molecule has 4 nitrogen and oxygen atoms in total. The van der Waals surface area contributed by atoms with Crippen LogP contribution in [-0.4, -0.2) is 16.1 Å². The number of benzene rings is 1. The van der Waals surface area contributed by atoms with Crippen molar-refractivity contribution in [2.45, 2.75) is 12.5 Å². The topological polar surface area (TPSA) is 76.2 Å². The van der Waals surface area contributed by atoms with Gasteiger partial charge in [-0.05, 0) is 12.1 Å². The van der Waals surface area contributed by atoms with Gasteiger partial charge in [-0.15, -0.1) is 0 Å². The van der Waals surface area contributed by atoms with E-state index in [1.165, 1.54) is 0 Å². The maximum absolute atomic E-state index is 10.6. The number of rotatable bonds is 3. The smallest absolute Gasteiger partial charge is 0.305 e. The van der Waals surface area contributed by atoms with Crippen LogP contribution >= 0.6 is 11.6 Å². The van der Waals surface area contributed by atoms with Crippen molar-refractivity contribution < 1.29 is 9.90 Å². The molecule has 0 saturated carbocycles. The lowest BCUT2D eigenvalue weighted by Crippen LogP contribution is -2.15. The van der Waals surface area contributed by atoms with Crippen molar-refractivity contribution in [1.29, 1.82) is 0 Å². The van der Waals surface area contributed by atoms with Gasteiger partial charge in [0.25, 0.3) is 0 Å². The number of carboxylic acid groups (broad SMARTS) is 1. The van der Waals surface area contributed by atoms with Gasteiger partial charge in [-0.2, -0.15) is 0 Å². The SMILES string of the molecule is NC(CC(=O)O)c1cc2ccccc2nc1Cl. The lowest BCUT2D eigenvalue weighted by atomic mass is 10.0. The zero-order valence-corrected chi connectivity index (χ0v) is 9.69. The van der Waals surface area contributed by atoms with Crippen LogP contribution in [0.4, 0.5) is 0 Å². The van der Waals surface area contributed by atoms with Crippen LogP contribution in [0.1, 0.15) is 18.0 Å². The molecule has 0 saturated heterocycles. The average Bonchev–Trinajstić information content (AvgIpc) is 2.27. The van der Waals surface area contributed by atoms with E-state index >= 15 is 0 Å². The van der Waals surface area contributed by atoms with E-state index in [1.54, 1.807) is 6.07 Å². The monoisotopic (exact) mass is 250 g/mol. The van der Waals surface area contributed by atoms with Crippen molar-refractivity contribution in [3.05, 3.63) is 41.0 Å². The standard InChI is InChI=1S/C12H11ClN2O2/c13-12-8(9(14)6-11(16)17)5-7-3-1-2-4-10(7)15-12/h1-5,9H,6,14H2,(H,16,17). The van der Waals surface area contributed by atoms with Crippen LogP contribution in [0.5, 0.6) is 0 Å². The number of aromatic nitrogens is 1. The molecule has 1 heterocycles. The number of aliphatic carboxylic acids is 1. The lowest BCUT2D eigenvalue weighted by Gasteiger charge is -2.11. The van der Waals surface area contributed by atoms with E-state index in [-0.39, 0.29) is 11.6 Å². The molecule has 0 radical (unpaired) electrons. The fourth-order valence-electron chi connectivity index (χ4n) is 1.67. The molecule has 1 aromatic heterocycles. The van der Waals surface area contributed by atoms with Gasteiger partial charge in [-0.1, -0.05) is 29.8 Å². The first-order chi connectivity index (χ1) is 8.08. The number of carbonyl (C=O) groups is 1. The number of nitrogens with two attached hydrogens (primary N) is 1. The number of nitrogens with zero attached hydrogens (tertiary/aromatic N) is 1. The highest BCUT2D eigenvalue weighted by Crippen LogP contribution is 2.26. The van der Waals surface area contributed by atoms with Crippen LogP contribution in [0.3, 0.4) is 0 Å². The Labute approximate surface area is 103 Å². The summed E-state index contributed by atoms with van der Waals surface area (Å²) in [6, 6.07) is 8.62. The van der Waals surface area contributed by atoms with Crippen molar-refractivity contribution in [1.82, 2.24) is 4.98 Å². The van der Waals surface area contributed by atoms with Gasteiger partial charge >= 0.3 is 5.97 Å². The number of para-hydroxylation sites is 1. The Bertz CT molecular complexity index is 571. The number of pyridine rings is 1. The molecular formula is C12H11ClN2O2. The molecule has 5 heteroatoms. The zero-order chi connectivity index (χ0) is 12.4. The van der Waals surface area contributed by atoms with Gasteiger partial charge in [0.05, 0.1) is 11.9 Å². The van der Waals surface area contributed by atoms with Crippen molar-refractivity contribution in [2.75, 3.05) is 0 Å². The van der Waals surface area contributed by atoms with Gasteiger partial charge in [0, 0.05) is 17.0 Å². The zero-order valence-electron chi connectivity index (χ0n) is 8.93. The number of carboxylic acids is 1. The van der Waals surface area contributed by atoms with E-state index in [2.05, 4.69) is 4.98 Å². The summed E-state index contributed by atoms with van der Waals surface area (Å²) in [5.41, 5.74) is 7.11. The van der Waals surface area contributed by atoms with Gasteiger partial charge in [0.2, 0.25) is 0 Å². The predicted molar refractivity (Wildman–Crippen MR) is 65.9 cm³/mol. The molecule has 0 fully saturated rings. The Kier molecular flexibility index (Phi) is 3.26. The van der Waals surface area contributed by atoms with Crippen molar-refractivity contribution in [3.63, 3.8) is 0 Å². The molecular weight excluding hydrogens is 240 g/mol. The first kappa shape index (κ1) is 11.8. The fourth-order valence-corrected chi connectivity index (χ4v) is 1.95. The van der Waals surface area contributed by atoms with E-state index < -0.39 is 12.0 Å². The normalized spacial score (nSPS) is 12.6. The Morgan fingerprint density at radius 3 is 2.88 bits per heavy atom. The van der Waals surface area contributed by atoms with Gasteiger partial charge in [-0.3, -0.25) is 4.79 Å². The van der Waals surface area contributed by atoms with Crippen molar-refractivity contribution in [2.24, 2.45) is 5.73 Å². The van der Waals surface area contributed by atoms with Gasteiger partial charge in [-0.25, -0.2) is 4.98 Å². The first-order valence-corrected chi connectivity index (χ1v) is 5.48. The lowest BCUT2D eigenvalue weighted by molar-refractivity contribution is -0.137. The highest BCUT2D eigenvalue weighted by Gasteiger charge is 2.15. The van der Waals surface area contributed by atoms with Crippen molar-refractivity contribution in [3.8, 4) is 0 Å². The number of halogens is 1. The van der Waals surface area contributed by atoms with Crippen LogP contribution < -0.4 is 5.73 Å². The first-order valence-electron chi connectivity index (χ1n) is 5.10. The minimum absolute atomic E-state index is 0.167. The molecule has 1 aromatic carbocycles. The van der Waals surface area contributed by atoms with Crippen LogP contribution in [0.2, 0.25) is 5.15 Å². The molecule has 0 bridgehead atoms. The fraction of sp³-hybridized carbons (Fsp3) is 0.167. The molecule has 0 spiro atoms. The number of hydrogen-bond acceptors (Lipinski definition) is 3. The molecule has 1 atom stereocenters. The second kappa shape index (κ2) is 4.69. The maximum atomic E-state index is 10.6. The van der Waals surface area contributed by atoms with E-state index in [1.807, 2.05) is 24.3 Å². The summed E-state index contributed by atoms with van der Waals surface area (Å²) in [4.78, 5) is 14.8. The third-order valence-corrected chi connectivity index (χ3v) is 2.80. The highest BCUT2D eigenvalue weighted by atomic mass is 35.5. The largest absolute Gasteiger partial charge is 0.481 e. The van der Waals surface area contributed by atoms with Crippen LogP contribution in [0, 0.1) is 0 Å². The quantitative estimate of drug-likeness (QED) is 0.820. The predicted octanol–water partition coefficient (Wildman–Crippen LogP) is 2.36. The second-order valence-corrected chi connectivity index (χ2v) is 4.12. The third kappa shape index (κ3) is 2.54. The molecule has 0 aliphatic carbocycles. The molecule has 17 heavy (non-hydrogen) atoms. The Hall–Kier alpha value is -1.65. The van der Waals surface area contributed by atoms with E-state index in [0.29, 0.717) is 5.56 Å². The van der Waals surface area contributed by atoms with Crippen LogP contribution in [0.25, 0.3) is 10.9 Å². The summed E-state index contributed by atoms with van der Waals surface area (Å²) in [7, 11) is 0. The third-order valence-electron chi connectivity index (χ3n) is 2.50. The second-order valence-electron chi connectivity index (χ2n) is 3.77. The molecule has 2 rings (SSSR count). The van der Waals surface area contributed by atoms with E-state index in [9.17, 15) is 4.79 Å². The van der Waals surface area contributed by atoms with Gasteiger partial charge in [0.1, 0.15) is 5.15 Å². The van der Waals surface area contributed by atoms with Crippen LogP contribution in [-0.2, 0) is 4.79 Å². The highest BCUT2D eigenvalue weighted by molar-refractivity contribution is 6.30. The van der Waals surface area contributed by atoms with Crippen molar-refractivity contribution >= 4 is 28.5 Å². The van der Waals surface area contributed by atoms with Gasteiger partial charge < -0.3 is 10.8 Å². The molecule has 0 aliphatic rings. The van der Waals surface area contributed by atoms with Crippen LogP contribution in [0.15, 0.2) is 30.3 Å². The molecule has 3 N–H and O–H groups in total. The average molecular weight is 251 g/mol. The molecule has 2 aromatic rings. The Balaban J connectivity index is 2.46. The van der Waals surface area contributed by atoms with E-state index in [0.717, 1.165) is 10.9 Å².